The van der Waals surface area contributed by atoms with Crippen LogP contribution in [0.5, 0.6) is 5.75 Å². The SMILES string of the molecule is CNS(=O)(=O)N1CCCC1c1nc(C(=O)NCc2ccc(F)cc2)c(O)c(=O)n1C. The average molecular weight is 439 g/mol. The zero-order valence-corrected chi connectivity index (χ0v) is 17.2. The predicted molar refractivity (Wildman–Crippen MR) is 105 cm³/mol. The van der Waals surface area contributed by atoms with E-state index >= 15 is 0 Å². The summed E-state index contributed by atoms with van der Waals surface area (Å²) in [5.41, 5.74) is -0.750. The normalized spacial score (nSPS) is 17.2. The van der Waals surface area contributed by atoms with Gasteiger partial charge >= 0.3 is 0 Å². The third kappa shape index (κ3) is 4.20. The lowest BCUT2D eigenvalue weighted by atomic mass is 10.2. The molecular formula is C18H22FN5O5S. The number of halogens is 1. The minimum absolute atomic E-state index is 0.0223. The maximum absolute atomic E-state index is 13.0. The van der Waals surface area contributed by atoms with Crippen molar-refractivity contribution in [2.24, 2.45) is 7.05 Å². The molecule has 2 heterocycles. The Labute approximate surface area is 172 Å². The molecule has 1 fully saturated rings. The summed E-state index contributed by atoms with van der Waals surface area (Å²) in [5.74, 6) is -2.00. The Balaban J connectivity index is 1.93. The number of amides is 1. The van der Waals surface area contributed by atoms with E-state index in [1.807, 2.05) is 0 Å². The number of nitrogens with one attached hydrogen (secondary N) is 2. The quantitative estimate of drug-likeness (QED) is 0.587. The molecule has 12 heteroatoms. The van der Waals surface area contributed by atoms with Crippen molar-refractivity contribution in [1.29, 1.82) is 0 Å². The first-order chi connectivity index (χ1) is 14.2. The van der Waals surface area contributed by atoms with E-state index in [1.54, 1.807) is 0 Å². The monoisotopic (exact) mass is 439 g/mol. The van der Waals surface area contributed by atoms with Crippen LogP contribution in [0.4, 0.5) is 4.39 Å². The fourth-order valence-electron chi connectivity index (χ4n) is 3.33. The highest BCUT2D eigenvalue weighted by Gasteiger charge is 2.37. The third-order valence-electron chi connectivity index (χ3n) is 4.95. The van der Waals surface area contributed by atoms with Crippen LogP contribution in [0.25, 0.3) is 0 Å². The Morgan fingerprint density at radius 1 is 1.33 bits per heavy atom. The van der Waals surface area contributed by atoms with E-state index in [2.05, 4.69) is 15.0 Å². The van der Waals surface area contributed by atoms with Gasteiger partial charge in [0.15, 0.2) is 5.69 Å². The summed E-state index contributed by atoms with van der Waals surface area (Å²) >= 11 is 0. The molecule has 1 aromatic heterocycles. The van der Waals surface area contributed by atoms with Crippen LogP contribution >= 0.6 is 0 Å². The Morgan fingerprint density at radius 2 is 2.00 bits per heavy atom. The Bertz CT molecular complexity index is 1120. The van der Waals surface area contributed by atoms with Crippen molar-refractivity contribution in [3.8, 4) is 5.75 Å². The number of hydrogen-bond donors (Lipinski definition) is 3. The molecule has 0 bridgehead atoms. The van der Waals surface area contributed by atoms with E-state index < -0.39 is 45.0 Å². The van der Waals surface area contributed by atoms with Gasteiger partial charge in [-0.15, -0.1) is 0 Å². The molecule has 0 aliphatic carbocycles. The van der Waals surface area contributed by atoms with Crippen molar-refractivity contribution in [3.05, 3.63) is 57.5 Å². The summed E-state index contributed by atoms with van der Waals surface area (Å²) in [4.78, 5) is 29.2. The number of carbonyl (C=O) groups excluding carboxylic acids is 1. The van der Waals surface area contributed by atoms with E-state index in [-0.39, 0.29) is 18.9 Å². The van der Waals surface area contributed by atoms with Crippen molar-refractivity contribution < 1.29 is 22.7 Å². The van der Waals surface area contributed by atoms with Gasteiger partial charge in [-0.25, -0.2) is 14.1 Å². The van der Waals surface area contributed by atoms with Crippen LogP contribution in [0.2, 0.25) is 0 Å². The lowest BCUT2D eigenvalue weighted by Crippen LogP contribution is -2.41. The highest BCUT2D eigenvalue weighted by molar-refractivity contribution is 7.87. The first-order valence-electron chi connectivity index (χ1n) is 9.18. The van der Waals surface area contributed by atoms with E-state index in [1.165, 1.54) is 42.7 Å². The van der Waals surface area contributed by atoms with Gasteiger partial charge in [0.25, 0.3) is 21.7 Å². The molecule has 1 amide bonds. The molecule has 30 heavy (non-hydrogen) atoms. The summed E-state index contributed by atoms with van der Waals surface area (Å²) in [6, 6.07) is 4.69. The molecule has 162 valence electrons. The first kappa shape index (κ1) is 21.9. The second-order valence-corrected chi connectivity index (χ2v) is 8.65. The van der Waals surface area contributed by atoms with Crippen LogP contribution in [-0.4, -0.2) is 46.9 Å². The molecule has 1 unspecified atom stereocenters. The van der Waals surface area contributed by atoms with Crippen molar-refractivity contribution in [3.63, 3.8) is 0 Å². The van der Waals surface area contributed by atoms with Crippen molar-refractivity contribution in [1.82, 2.24) is 23.9 Å². The zero-order valence-electron chi connectivity index (χ0n) is 16.4. The summed E-state index contributed by atoms with van der Waals surface area (Å²) in [5, 5.41) is 12.7. The number of aromatic hydroxyl groups is 1. The molecule has 1 saturated heterocycles. The Kier molecular flexibility index (Phi) is 6.19. The average Bonchev–Trinajstić information content (AvgIpc) is 3.22. The van der Waals surface area contributed by atoms with Gasteiger partial charge in [0.2, 0.25) is 5.75 Å². The summed E-state index contributed by atoms with van der Waals surface area (Å²) < 4.78 is 42.0. The fraction of sp³-hybridized carbons (Fsp3) is 0.389. The van der Waals surface area contributed by atoms with E-state index in [9.17, 15) is 27.5 Å². The summed E-state index contributed by atoms with van der Waals surface area (Å²) in [6.45, 7) is 0.255. The smallest absolute Gasteiger partial charge is 0.296 e. The van der Waals surface area contributed by atoms with Gasteiger partial charge in [0.05, 0.1) is 6.04 Å². The maximum atomic E-state index is 13.0. The number of benzene rings is 1. The second kappa shape index (κ2) is 8.50. The number of nitrogens with zero attached hydrogens (tertiary/aromatic N) is 3. The van der Waals surface area contributed by atoms with Gasteiger partial charge in [-0.1, -0.05) is 12.1 Å². The molecule has 1 aliphatic heterocycles. The van der Waals surface area contributed by atoms with E-state index in [0.717, 1.165) is 4.57 Å². The van der Waals surface area contributed by atoms with Crippen LogP contribution in [0, 0.1) is 5.82 Å². The van der Waals surface area contributed by atoms with Gasteiger partial charge in [0, 0.05) is 27.2 Å². The Hall–Kier alpha value is -2.83. The Morgan fingerprint density at radius 3 is 2.63 bits per heavy atom. The molecule has 10 nitrogen and oxygen atoms in total. The van der Waals surface area contributed by atoms with Crippen molar-refractivity contribution in [2.75, 3.05) is 13.6 Å². The molecule has 1 atom stereocenters. The van der Waals surface area contributed by atoms with E-state index in [0.29, 0.717) is 18.4 Å². The highest BCUT2D eigenvalue weighted by Crippen LogP contribution is 2.32. The van der Waals surface area contributed by atoms with Crippen LogP contribution < -0.4 is 15.6 Å². The minimum Gasteiger partial charge on any atom is -0.501 e. The molecule has 1 aromatic carbocycles. The van der Waals surface area contributed by atoms with Gasteiger partial charge < -0.3 is 10.4 Å². The van der Waals surface area contributed by atoms with Gasteiger partial charge in [-0.2, -0.15) is 12.7 Å². The van der Waals surface area contributed by atoms with E-state index in [4.69, 9.17) is 0 Å². The van der Waals surface area contributed by atoms with Crippen molar-refractivity contribution in [2.45, 2.75) is 25.4 Å². The number of rotatable bonds is 6. The highest BCUT2D eigenvalue weighted by atomic mass is 32.2. The summed E-state index contributed by atoms with van der Waals surface area (Å²) in [6.07, 6.45) is 0.955. The minimum atomic E-state index is -3.78. The molecule has 0 spiro atoms. The van der Waals surface area contributed by atoms with Crippen LogP contribution in [-0.2, 0) is 23.8 Å². The summed E-state index contributed by atoms with van der Waals surface area (Å²) in [7, 11) is -1.15. The topological polar surface area (TPSA) is 134 Å². The number of aromatic nitrogens is 2. The van der Waals surface area contributed by atoms with Crippen LogP contribution in [0.1, 0.15) is 40.8 Å². The zero-order chi connectivity index (χ0) is 22.1. The second-order valence-electron chi connectivity index (χ2n) is 6.82. The van der Waals surface area contributed by atoms with Gasteiger partial charge in [-0.3, -0.25) is 14.2 Å². The maximum Gasteiger partial charge on any atom is 0.296 e. The molecule has 0 radical (unpaired) electrons. The first-order valence-corrected chi connectivity index (χ1v) is 10.6. The van der Waals surface area contributed by atoms with Crippen LogP contribution in [0.3, 0.4) is 0 Å². The molecule has 3 N–H and O–H groups in total. The number of carbonyl (C=O) groups is 1. The van der Waals surface area contributed by atoms with Gasteiger partial charge in [-0.05, 0) is 30.5 Å². The number of hydrogen-bond acceptors (Lipinski definition) is 6. The molecule has 0 saturated carbocycles. The lowest BCUT2D eigenvalue weighted by Gasteiger charge is -2.24. The molecular weight excluding hydrogens is 417 g/mol. The van der Waals surface area contributed by atoms with Gasteiger partial charge in [0.1, 0.15) is 11.6 Å². The third-order valence-corrected chi connectivity index (χ3v) is 6.52. The van der Waals surface area contributed by atoms with Crippen molar-refractivity contribution >= 4 is 16.1 Å². The molecule has 3 rings (SSSR count). The molecule has 2 aromatic rings. The van der Waals surface area contributed by atoms with Crippen LogP contribution in [0.15, 0.2) is 29.1 Å². The lowest BCUT2D eigenvalue weighted by molar-refractivity contribution is 0.0941. The predicted octanol–water partition coefficient (Wildman–Crippen LogP) is 0.156. The largest absolute Gasteiger partial charge is 0.501 e. The molecule has 1 aliphatic rings. The fourth-order valence-corrected chi connectivity index (χ4v) is 4.47. The standard InChI is InChI=1S/C18H22FN5O5S/c1-20-30(28,29)24-9-3-4-13(24)16-22-14(15(25)18(27)23(16)2)17(26)21-10-11-5-7-12(19)8-6-11/h5-8,13,20,25H,3-4,9-10H2,1-2H3,(H,21,26).